The zero-order chi connectivity index (χ0) is 26.6. The molecular formula is C26H21F3N6O2. The van der Waals surface area contributed by atoms with E-state index >= 15 is 0 Å². The second kappa shape index (κ2) is 10.4. The Balaban J connectivity index is 1.47. The van der Waals surface area contributed by atoms with Crippen molar-refractivity contribution < 1.29 is 22.8 Å². The molecular weight excluding hydrogens is 485 g/mol. The van der Waals surface area contributed by atoms with Crippen LogP contribution in [0.25, 0.3) is 0 Å². The minimum absolute atomic E-state index is 0.112. The van der Waals surface area contributed by atoms with Crippen LogP contribution in [0, 0.1) is 13.8 Å². The van der Waals surface area contributed by atoms with E-state index in [1.54, 1.807) is 43.6 Å². The van der Waals surface area contributed by atoms with E-state index in [0.717, 1.165) is 6.07 Å². The lowest BCUT2D eigenvalue weighted by Crippen LogP contribution is -2.18. The topological polar surface area (TPSA) is 109 Å². The van der Waals surface area contributed by atoms with Crippen molar-refractivity contribution in [3.05, 3.63) is 101 Å². The summed E-state index contributed by atoms with van der Waals surface area (Å²) in [6.07, 6.45) is 1.54. The average Bonchev–Trinajstić information content (AvgIpc) is 2.86. The van der Waals surface area contributed by atoms with E-state index in [0.29, 0.717) is 22.9 Å². The predicted molar refractivity (Wildman–Crippen MR) is 133 cm³/mol. The Morgan fingerprint density at radius 2 is 1.49 bits per heavy atom. The normalized spacial score (nSPS) is 11.1. The number of hydrogen-bond acceptors (Lipinski definition) is 6. The van der Waals surface area contributed by atoms with Crippen molar-refractivity contribution in [2.24, 2.45) is 0 Å². The number of nitrogens with one attached hydrogen (secondary N) is 3. The number of rotatable bonds is 6. The SMILES string of the molecule is Cc1ccc(NC(=O)c2cccc(C(F)(F)F)c2C)cc1C(=O)Nc1cnc(Nc2cccnc2)nc1. The third kappa shape index (κ3) is 6.07. The van der Waals surface area contributed by atoms with Crippen LogP contribution in [0.1, 0.15) is 37.4 Å². The monoisotopic (exact) mass is 506 g/mol. The number of benzene rings is 2. The quantitative estimate of drug-likeness (QED) is 0.307. The summed E-state index contributed by atoms with van der Waals surface area (Å²) in [7, 11) is 0. The number of carbonyl (C=O) groups is 2. The third-order valence-electron chi connectivity index (χ3n) is 5.45. The van der Waals surface area contributed by atoms with Crippen LogP contribution in [-0.2, 0) is 6.18 Å². The van der Waals surface area contributed by atoms with E-state index < -0.39 is 23.6 Å². The molecule has 0 radical (unpaired) electrons. The van der Waals surface area contributed by atoms with Gasteiger partial charge in [-0.05, 0) is 61.4 Å². The smallest absolute Gasteiger partial charge is 0.323 e. The maximum absolute atomic E-state index is 13.2. The number of nitrogens with zero attached hydrogens (tertiary/aromatic N) is 3. The van der Waals surface area contributed by atoms with Crippen molar-refractivity contribution in [2.75, 3.05) is 16.0 Å². The lowest BCUT2D eigenvalue weighted by atomic mass is 10.0. The zero-order valence-corrected chi connectivity index (χ0v) is 19.7. The highest BCUT2D eigenvalue weighted by molar-refractivity contribution is 6.08. The predicted octanol–water partition coefficient (Wildman–Crippen LogP) is 5.76. The van der Waals surface area contributed by atoms with Crippen LogP contribution in [0.15, 0.2) is 73.3 Å². The highest BCUT2D eigenvalue weighted by atomic mass is 19.4. The van der Waals surface area contributed by atoms with E-state index in [-0.39, 0.29) is 22.4 Å². The molecule has 4 aromatic rings. The first-order chi connectivity index (χ1) is 17.6. The Hall–Kier alpha value is -4.80. The summed E-state index contributed by atoms with van der Waals surface area (Å²) in [6, 6.07) is 11.6. The number of halogens is 3. The van der Waals surface area contributed by atoms with Gasteiger partial charge in [0, 0.05) is 23.0 Å². The zero-order valence-electron chi connectivity index (χ0n) is 19.7. The van der Waals surface area contributed by atoms with Crippen molar-refractivity contribution in [2.45, 2.75) is 20.0 Å². The van der Waals surface area contributed by atoms with E-state index in [4.69, 9.17) is 0 Å². The average molecular weight is 506 g/mol. The van der Waals surface area contributed by atoms with E-state index in [1.165, 1.54) is 37.5 Å². The summed E-state index contributed by atoms with van der Waals surface area (Å²) in [6.45, 7) is 2.96. The van der Waals surface area contributed by atoms with E-state index in [9.17, 15) is 22.8 Å². The van der Waals surface area contributed by atoms with Gasteiger partial charge in [0.1, 0.15) is 0 Å². The van der Waals surface area contributed by atoms with Gasteiger partial charge < -0.3 is 16.0 Å². The molecule has 0 bridgehead atoms. The second-order valence-corrected chi connectivity index (χ2v) is 8.08. The van der Waals surface area contributed by atoms with Gasteiger partial charge >= 0.3 is 6.18 Å². The minimum atomic E-state index is -4.58. The number of aryl methyl sites for hydroxylation is 1. The van der Waals surface area contributed by atoms with Crippen LogP contribution >= 0.6 is 0 Å². The molecule has 2 aromatic carbocycles. The fourth-order valence-corrected chi connectivity index (χ4v) is 3.55. The van der Waals surface area contributed by atoms with Crippen molar-refractivity contribution in [3.63, 3.8) is 0 Å². The number of anilines is 4. The van der Waals surface area contributed by atoms with Crippen LogP contribution < -0.4 is 16.0 Å². The van der Waals surface area contributed by atoms with Crippen molar-refractivity contribution in [1.82, 2.24) is 15.0 Å². The first-order valence-corrected chi connectivity index (χ1v) is 11.0. The number of aromatic nitrogens is 3. The molecule has 8 nitrogen and oxygen atoms in total. The highest BCUT2D eigenvalue weighted by Crippen LogP contribution is 2.33. The molecule has 11 heteroatoms. The van der Waals surface area contributed by atoms with Crippen molar-refractivity contribution in [1.29, 1.82) is 0 Å². The molecule has 188 valence electrons. The van der Waals surface area contributed by atoms with Gasteiger partial charge in [0.2, 0.25) is 5.95 Å². The summed E-state index contributed by atoms with van der Waals surface area (Å²) in [4.78, 5) is 38.0. The number of amides is 2. The number of pyridine rings is 1. The van der Waals surface area contributed by atoms with Gasteiger partial charge in [-0.2, -0.15) is 13.2 Å². The van der Waals surface area contributed by atoms with Crippen molar-refractivity contribution >= 4 is 34.8 Å². The minimum Gasteiger partial charge on any atom is -0.323 e. The fourth-order valence-electron chi connectivity index (χ4n) is 3.55. The molecule has 3 N–H and O–H groups in total. The molecule has 4 rings (SSSR count). The lowest BCUT2D eigenvalue weighted by Gasteiger charge is -2.15. The van der Waals surface area contributed by atoms with Gasteiger partial charge in [0.05, 0.1) is 35.5 Å². The molecule has 0 spiro atoms. The molecule has 2 heterocycles. The number of alkyl halides is 3. The van der Waals surface area contributed by atoms with Gasteiger partial charge in [0.25, 0.3) is 11.8 Å². The molecule has 0 aliphatic rings. The van der Waals surface area contributed by atoms with Crippen LogP contribution in [0.4, 0.5) is 36.2 Å². The second-order valence-electron chi connectivity index (χ2n) is 8.08. The Labute approximate surface area is 210 Å². The summed E-state index contributed by atoms with van der Waals surface area (Å²) < 4.78 is 39.6. The molecule has 0 saturated heterocycles. The third-order valence-corrected chi connectivity index (χ3v) is 5.45. The molecule has 0 fully saturated rings. The molecule has 0 atom stereocenters. The van der Waals surface area contributed by atoms with Gasteiger partial charge in [-0.15, -0.1) is 0 Å². The Bertz CT molecular complexity index is 1440. The summed E-state index contributed by atoms with van der Waals surface area (Å²) >= 11 is 0. The molecule has 0 aliphatic heterocycles. The number of hydrogen-bond donors (Lipinski definition) is 3. The molecule has 2 aromatic heterocycles. The molecule has 2 amide bonds. The van der Waals surface area contributed by atoms with Crippen LogP contribution in [0.5, 0.6) is 0 Å². The summed E-state index contributed by atoms with van der Waals surface area (Å²) in [5.41, 5.74) is 1.01. The van der Waals surface area contributed by atoms with Gasteiger partial charge in [-0.1, -0.05) is 12.1 Å². The van der Waals surface area contributed by atoms with Crippen LogP contribution in [0.3, 0.4) is 0 Å². The Morgan fingerprint density at radius 1 is 0.784 bits per heavy atom. The van der Waals surface area contributed by atoms with E-state index in [1.807, 2.05) is 0 Å². The maximum atomic E-state index is 13.2. The fraction of sp³-hybridized carbons (Fsp3) is 0.115. The summed E-state index contributed by atoms with van der Waals surface area (Å²) in [5, 5.41) is 8.24. The largest absolute Gasteiger partial charge is 0.416 e. The molecule has 0 unspecified atom stereocenters. The van der Waals surface area contributed by atoms with E-state index in [2.05, 4.69) is 30.9 Å². The van der Waals surface area contributed by atoms with Crippen LogP contribution in [0.2, 0.25) is 0 Å². The van der Waals surface area contributed by atoms with Gasteiger partial charge in [-0.3, -0.25) is 14.6 Å². The first kappa shape index (κ1) is 25.3. The Kier molecular flexibility index (Phi) is 7.14. The number of carbonyl (C=O) groups excluding carboxylic acids is 2. The van der Waals surface area contributed by atoms with Crippen LogP contribution in [-0.4, -0.2) is 26.8 Å². The maximum Gasteiger partial charge on any atom is 0.416 e. The van der Waals surface area contributed by atoms with Crippen molar-refractivity contribution in [3.8, 4) is 0 Å². The van der Waals surface area contributed by atoms with Gasteiger partial charge in [0.15, 0.2) is 0 Å². The Morgan fingerprint density at radius 3 is 2.16 bits per heavy atom. The highest BCUT2D eigenvalue weighted by Gasteiger charge is 2.33. The lowest BCUT2D eigenvalue weighted by molar-refractivity contribution is -0.138. The standard InChI is InChI=1S/C26H21F3N6O2/c1-15-8-9-17(33-23(36)20-6-3-7-22(16(20)2)26(27,28)29)11-21(15)24(37)34-19-13-31-25(32-14-19)35-18-5-4-10-30-12-18/h3-14H,1-2H3,(H,33,36)(H,34,37)(H,31,32,35). The summed E-state index contributed by atoms with van der Waals surface area (Å²) in [5.74, 6) is -0.874. The molecule has 0 aliphatic carbocycles. The molecule has 37 heavy (non-hydrogen) atoms. The van der Waals surface area contributed by atoms with Gasteiger partial charge in [-0.25, -0.2) is 9.97 Å². The first-order valence-electron chi connectivity index (χ1n) is 11.0. The molecule has 0 saturated carbocycles.